The van der Waals surface area contributed by atoms with Gasteiger partial charge in [-0.15, -0.1) is 21.8 Å². The van der Waals surface area contributed by atoms with Crippen molar-refractivity contribution in [2.75, 3.05) is 0 Å². The molecule has 0 aliphatic carbocycles. The van der Waals surface area contributed by atoms with Crippen LogP contribution >= 0.6 is 11.6 Å². The molecule has 0 radical (unpaired) electrons. The second-order valence-corrected chi connectivity index (χ2v) is 2.80. The van der Waals surface area contributed by atoms with E-state index in [1.165, 1.54) is 12.1 Å². The number of alkyl halides is 1. The van der Waals surface area contributed by atoms with E-state index in [4.69, 9.17) is 20.4 Å². The minimum absolute atomic E-state index is 0.0683. The summed E-state index contributed by atoms with van der Waals surface area (Å²) in [5.41, 5.74) is 0. The molecule has 0 saturated carbocycles. The van der Waals surface area contributed by atoms with Crippen molar-refractivity contribution >= 4 is 17.5 Å². The molecule has 2 rings (SSSR count). The number of nitro groups is 1. The molecule has 0 spiro atoms. The molecule has 7 nitrogen and oxygen atoms in total. The second kappa shape index (κ2) is 3.70. The molecule has 0 amide bonds. The average Bonchev–Trinajstić information content (AvgIpc) is 2.86. The van der Waals surface area contributed by atoms with Gasteiger partial charge in [0.1, 0.15) is 10.8 Å². The second-order valence-electron chi connectivity index (χ2n) is 2.53. The molecule has 2 heterocycles. The van der Waals surface area contributed by atoms with E-state index in [2.05, 4.69) is 10.2 Å². The van der Waals surface area contributed by atoms with Crippen LogP contribution in [0.3, 0.4) is 0 Å². The number of nitrogens with zero attached hydrogens (tertiary/aromatic N) is 3. The first-order chi connectivity index (χ1) is 7.20. The van der Waals surface area contributed by atoms with Crippen LogP contribution < -0.4 is 0 Å². The van der Waals surface area contributed by atoms with Crippen LogP contribution in [-0.4, -0.2) is 15.1 Å². The lowest BCUT2D eigenvalue weighted by atomic mass is 10.4. The SMILES string of the molecule is O=[N+]([O-])c1ccc(-c2nnc(CCl)o2)o1. The lowest BCUT2D eigenvalue weighted by molar-refractivity contribution is -0.401. The summed E-state index contributed by atoms with van der Waals surface area (Å²) in [6.07, 6.45) is 0. The van der Waals surface area contributed by atoms with Crippen LogP contribution in [0.15, 0.2) is 21.0 Å². The molecule has 0 N–H and O–H groups in total. The van der Waals surface area contributed by atoms with Gasteiger partial charge in [0, 0.05) is 0 Å². The zero-order chi connectivity index (χ0) is 10.8. The van der Waals surface area contributed by atoms with Crippen LogP contribution in [0.2, 0.25) is 0 Å². The van der Waals surface area contributed by atoms with Gasteiger partial charge in [-0.2, -0.15) is 0 Å². The molecule has 78 valence electrons. The summed E-state index contributed by atoms with van der Waals surface area (Å²) in [6.45, 7) is 0. The van der Waals surface area contributed by atoms with Gasteiger partial charge in [0.05, 0.1) is 6.07 Å². The Bertz CT molecular complexity index is 492. The van der Waals surface area contributed by atoms with Crippen LogP contribution in [0.4, 0.5) is 5.88 Å². The molecule has 0 aliphatic rings. The Morgan fingerprint density at radius 1 is 1.40 bits per heavy atom. The van der Waals surface area contributed by atoms with E-state index in [1.807, 2.05) is 0 Å². The smallest absolute Gasteiger partial charge is 0.417 e. The Labute approximate surface area is 87.8 Å². The van der Waals surface area contributed by atoms with Crippen molar-refractivity contribution < 1.29 is 13.8 Å². The van der Waals surface area contributed by atoms with Gasteiger partial charge in [-0.25, -0.2) is 0 Å². The van der Waals surface area contributed by atoms with Crippen molar-refractivity contribution in [2.45, 2.75) is 5.88 Å². The van der Waals surface area contributed by atoms with Gasteiger partial charge in [-0.05, 0) is 6.07 Å². The highest BCUT2D eigenvalue weighted by Gasteiger charge is 2.17. The van der Waals surface area contributed by atoms with Gasteiger partial charge < -0.3 is 8.83 Å². The third-order valence-electron chi connectivity index (χ3n) is 1.56. The van der Waals surface area contributed by atoms with Gasteiger partial charge in [0.25, 0.3) is 5.89 Å². The standard InChI is InChI=1S/C7H4ClN3O4/c8-3-5-9-10-7(15-5)4-1-2-6(14-4)11(12)13/h1-2H,3H2. The van der Waals surface area contributed by atoms with Crippen molar-refractivity contribution in [2.24, 2.45) is 0 Å². The summed E-state index contributed by atoms with van der Waals surface area (Å²) in [5, 5.41) is 17.5. The fourth-order valence-electron chi connectivity index (χ4n) is 0.948. The highest BCUT2D eigenvalue weighted by atomic mass is 35.5. The minimum atomic E-state index is -0.650. The summed E-state index contributed by atoms with van der Waals surface area (Å²) < 4.78 is 9.89. The molecule has 0 aromatic carbocycles. The van der Waals surface area contributed by atoms with Crippen molar-refractivity contribution in [1.29, 1.82) is 0 Å². The fraction of sp³-hybridized carbons (Fsp3) is 0.143. The Morgan fingerprint density at radius 3 is 2.73 bits per heavy atom. The summed E-state index contributed by atoms with van der Waals surface area (Å²) in [7, 11) is 0. The summed E-state index contributed by atoms with van der Waals surface area (Å²) in [5.74, 6) is 0.140. The lowest BCUT2D eigenvalue weighted by Crippen LogP contribution is -1.82. The Hall–Kier alpha value is -1.89. The molecule has 0 fully saturated rings. The first kappa shape index (κ1) is 9.66. The third-order valence-corrected chi connectivity index (χ3v) is 1.79. The molecule has 8 heteroatoms. The summed E-state index contributed by atoms with van der Waals surface area (Å²) in [6, 6.07) is 2.59. The molecule has 0 unspecified atom stereocenters. The van der Waals surface area contributed by atoms with Crippen LogP contribution in [0.25, 0.3) is 11.7 Å². The largest absolute Gasteiger partial charge is 0.433 e. The van der Waals surface area contributed by atoms with E-state index in [0.29, 0.717) is 0 Å². The van der Waals surface area contributed by atoms with E-state index < -0.39 is 4.92 Å². The van der Waals surface area contributed by atoms with E-state index in [-0.39, 0.29) is 29.3 Å². The number of furan rings is 1. The third kappa shape index (κ3) is 1.82. The molecule has 15 heavy (non-hydrogen) atoms. The molecule has 2 aromatic heterocycles. The summed E-state index contributed by atoms with van der Waals surface area (Å²) in [4.78, 5) is 9.68. The zero-order valence-electron chi connectivity index (χ0n) is 7.21. The van der Waals surface area contributed by atoms with E-state index >= 15 is 0 Å². The number of halogens is 1. The minimum Gasteiger partial charge on any atom is -0.417 e. The molecule has 0 aliphatic heterocycles. The van der Waals surface area contributed by atoms with E-state index in [0.717, 1.165) is 0 Å². The maximum atomic E-state index is 10.3. The Morgan fingerprint density at radius 2 is 2.20 bits per heavy atom. The van der Waals surface area contributed by atoms with Crippen molar-refractivity contribution in [1.82, 2.24) is 10.2 Å². The van der Waals surface area contributed by atoms with E-state index in [9.17, 15) is 10.1 Å². The number of hydrogen-bond donors (Lipinski definition) is 0. The molecular weight excluding hydrogens is 226 g/mol. The van der Waals surface area contributed by atoms with Crippen molar-refractivity contribution in [3.8, 4) is 11.7 Å². The number of hydrogen-bond acceptors (Lipinski definition) is 6. The molecule has 2 aromatic rings. The predicted octanol–water partition coefficient (Wildman–Crippen LogP) is 1.98. The fourth-order valence-corrected chi connectivity index (χ4v) is 1.06. The molecule has 0 atom stereocenters. The number of rotatable bonds is 3. The van der Waals surface area contributed by atoms with Crippen LogP contribution in [-0.2, 0) is 5.88 Å². The highest BCUT2D eigenvalue weighted by molar-refractivity contribution is 6.16. The van der Waals surface area contributed by atoms with Gasteiger partial charge in [-0.3, -0.25) is 10.1 Å². The first-order valence-electron chi connectivity index (χ1n) is 3.83. The van der Waals surface area contributed by atoms with Crippen LogP contribution in [0.1, 0.15) is 5.89 Å². The topological polar surface area (TPSA) is 95.2 Å². The zero-order valence-corrected chi connectivity index (χ0v) is 7.97. The van der Waals surface area contributed by atoms with E-state index in [1.54, 1.807) is 0 Å². The van der Waals surface area contributed by atoms with Gasteiger partial charge in [0.15, 0.2) is 5.76 Å². The van der Waals surface area contributed by atoms with Gasteiger partial charge in [-0.1, -0.05) is 0 Å². The Kier molecular flexibility index (Phi) is 2.38. The van der Waals surface area contributed by atoms with Crippen molar-refractivity contribution in [3.63, 3.8) is 0 Å². The normalized spacial score (nSPS) is 10.5. The maximum absolute atomic E-state index is 10.3. The van der Waals surface area contributed by atoms with Crippen molar-refractivity contribution in [3.05, 3.63) is 28.1 Å². The van der Waals surface area contributed by atoms with Crippen LogP contribution in [0, 0.1) is 10.1 Å². The molecule has 0 bridgehead atoms. The first-order valence-corrected chi connectivity index (χ1v) is 4.37. The quantitative estimate of drug-likeness (QED) is 0.454. The predicted molar refractivity (Wildman–Crippen MR) is 48.2 cm³/mol. The monoisotopic (exact) mass is 229 g/mol. The average molecular weight is 230 g/mol. The lowest BCUT2D eigenvalue weighted by Gasteiger charge is -1.85. The maximum Gasteiger partial charge on any atom is 0.433 e. The van der Waals surface area contributed by atoms with Gasteiger partial charge >= 0.3 is 5.88 Å². The Balaban J connectivity index is 2.32. The number of aromatic nitrogens is 2. The summed E-state index contributed by atoms with van der Waals surface area (Å²) >= 11 is 5.45. The molecule has 0 saturated heterocycles. The van der Waals surface area contributed by atoms with Gasteiger partial charge in [0.2, 0.25) is 5.89 Å². The van der Waals surface area contributed by atoms with Crippen LogP contribution in [0.5, 0.6) is 0 Å². The molecular formula is C7H4ClN3O4. The highest BCUT2D eigenvalue weighted by Crippen LogP contribution is 2.24.